The van der Waals surface area contributed by atoms with E-state index < -0.39 is 0 Å². The summed E-state index contributed by atoms with van der Waals surface area (Å²) in [5.74, 6) is 0.358. The highest BCUT2D eigenvalue weighted by Gasteiger charge is 2.09. The van der Waals surface area contributed by atoms with Gasteiger partial charge in [0.15, 0.2) is 6.29 Å². The van der Waals surface area contributed by atoms with Gasteiger partial charge in [-0.25, -0.2) is 9.97 Å². The van der Waals surface area contributed by atoms with Gasteiger partial charge < -0.3 is 0 Å². The molecule has 0 aromatic carbocycles. The highest BCUT2D eigenvalue weighted by Crippen LogP contribution is 2.17. The molecule has 2 aromatic heterocycles. The minimum atomic E-state index is 0.163. The molecule has 4 nitrogen and oxygen atoms in total. The molecule has 66 valence electrons. The highest BCUT2D eigenvalue weighted by atomic mass is 35.5. The van der Waals surface area contributed by atoms with Crippen LogP contribution in [0.1, 0.15) is 10.5 Å². The summed E-state index contributed by atoms with van der Waals surface area (Å²) in [6.45, 7) is 0. The minimum Gasteiger partial charge on any atom is -0.296 e. The monoisotopic (exact) mass is 215 g/mol. The molecule has 0 radical (unpaired) electrons. The van der Waals surface area contributed by atoms with Crippen molar-refractivity contribution in [2.45, 2.75) is 0 Å². The summed E-state index contributed by atoms with van der Waals surface area (Å²) in [5.41, 5.74) is 0.163. The first kappa shape index (κ1) is 8.47. The molecular formula is C7H3Cl2N3O. The maximum absolute atomic E-state index is 10.5. The number of aromatic nitrogens is 3. The summed E-state index contributed by atoms with van der Waals surface area (Å²) in [6, 6.07) is 0. The predicted molar refractivity (Wildman–Crippen MR) is 48.4 cm³/mol. The number of hydrogen-bond donors (Lipinski definition) is 0. The van der Waals surface area contributed by atoms with Crippen molar-refractivity contribution in [1.29, 1.82) is 0 Å². The Labute approximate surface area is 83.1 Å². The van der Waals surface area contributed by atoms with Gasteiger partial charge in [0.1, 0.15) is 10.8 Å². The lowest BCUT2D eigenvalue weighted by Crippen LogP contribution is -1.86. The zero-order chi connectivity index (χ0) is 9.42. The molecule has 0 fully saturated rings. The van der Waals surface area contributed by atoms with Crippen LogP contribution in [0.3, 0.4) is 0 Å². The molecule has 0 atom stereocenters. The summed E-state index contributed by atoms with van der Waals surface area (Å²) in [4.78, 5) is 18.2. The molecule has 2 heterocycles. The minimum absolute atomic E-state index is 0.163. The Morgan fingerprint density at radius 2 is 2.23 bits per heavy atom. The van der Waals surface area contributed by atoms with Gasteiger partial charge in [-0.15, -0.1) is 0 Å². The lowest BCUT2D eigenvalue weighted by Gasteiger charge is -1.93. The van der Waals surface area contributed by atoms with Gasteiger partial charge in [0.2, 0.25) is 5.78 Å². The van der Waals surface area contributed by atoms with Crippen molar-refractivity contribution in [1.82, 2.24) is 14.4 Å². The van der Waals surface area contributed by atoms with Crippen LogP contribution in [0.2, 0.25) is 10.2 Å². The van der Waals surface area contributed by atoms with Gasteiger partial charge in [-0.2, -0.15) is 0 Å². The van der Waals surface area contributed by atoms with E-state index in [9.17, 15) is 4.79 Å². The third-order valence-electron chi connectivity index (χ3n) is 1.53. The maximum Gasteiger partial charge on any atom is 0.235 e. The van der Waals surface area contributed by atoms with E-state index in [-0.39, 0.29) is 10.8 Å². The molecule has 0 saturated carbocycles. The Kier molecular flexibility index (Phi) is 1.94. The number of hydrogen-bond acceptors (Lipinski definition) is 3. The van der Waals surface area contributed by atoms with Gasteiger partial charge in [-0.05, 0) is 0 Å². The average molecular weight is 216 g/mol. The first-order valence-corrected chi connectivity index (χ1v) is 4.12. The van der Waals surface area contributed by atoms with Crippen LogP contribution in [-0.2, 0) is 0 Å². The molecule has 0 N–H and O–H groups in total. The second-order valence-corrected chi connectivity index (χ2v) is 3.14. The molecule has 0 spiro atoms. The normalized spacial score (nSPS) is 10.6. The van der Waals surface area contributed by atoms with Crippen molar-refractivity contribution in [3.8, 4) is 0 Å². The molecule has 0 unspecified atom stereocenters. The van der Waals surface area contributed by atoms with Crippen molar-refractivity contribution >= 4 is 35.3 Å². The third kappa shape index (κ3) is 1.28. The van der Waals surface area contributed by atoms with Crippen molar-refractivity contribution in [2.75, 3.05) is 0 Å². The quantitative estimate of drug-likeness (QED) is 0.683. The molecule has 0 aliphatic carbocycles. The fourth-order valence-corrected chi connectivity index (χ4v) is 1.33. The first-order valence-electron chi connectivity index (χ1n) is 3.36. The summed E-state index contributed by atoms with van der Waals surface area (Å²) < 4.78 is 1.45. The zero-order valence-electron chi connectivity index (χ0n) is 6.24. The predicted octanol–water partition coefficient (Wildman–Crippen LogP) is 1.85. The van der Waals surface area contributed by atoms with Gasteiger partial charge in [0.05, 0.1) is 11.2 Å². The second kappa shape index (κ2) is 2.97. The largest absolute Gasteiger partial charge is 0.296 e. The summed E-state index contributed by atoms with van der Waals surface area (Å²) in [5, 5.41) is 0.657. The smallest absolute Gasteiger partial charge is 0.235 e. The topological polar surface area (TPSA) is 47.3 Å². The van der Waals surface area contributed by atoms with Crippen molar-refractivity contribution < 1.29 is 4.79 Å². The van der Waals surface area contributed by atoms with Gasteiger partial charge in [0.25, 0.3) is 0 Å². The Morgan fingerprint density at radius 1 is 1.46 bits per heavy atom. The van der Waals surface area contributed by atoms with Crippen molar-refractivity contribution in [2.24, 2.45) is 0 Å². The van der Waals surface area contributed by atoms with E-state index in [1.807, 2.05) is 0 Å². The summed E-state index contributed by atoms with van der Waals surface area (Å²) >= 11 is 11.5. The number of nitrogens with zero attached hydrogens (tertiary/aromatic N) is 3. The van der Waals surface area contributed by atoms with Crippen LogP contribution in [0.15, 0.2) is 12.4 Å². The fraction of sp³-hybridized carbons (Fsp3) is 0. The molecule has 0 aliphatic heterocycles. The average Bonchev–Trinajstić information content (AvgIpc) is 2.44. The van der Waals surface area contributed by atoms with E-state index >= 15 is 0 Å². The van der Waals surface area contributed by atoms with Gasteiger partial charge >= 0.3 is 0 Å². The number of halogens is 2. The standard InChI is InChI=1S/C7H3Cl2N3O/c8-4-1-10-7-11-5(3-13)6(9)12(7)2-4/h1-3H. The van der Waals surface area contributed by atoms with E-state index in [1.54, 1.807) is 6.20 Å². The van der Waals surface area contributed by atoms with E-state index in [0.29, 0.717) is 17.1 Å². The molecule has 2 rings (SSSR count). The van der Waals surface area contributed by atoms with E-state index in [2.05, 4.69) is 9.97 Å². The van der Waals surface area contributed by atoms with Crippen LogP contribution >= 0.6 is 23.2 Å². The van der Waals surface area contributed by atoms with Gasteiger partial charge in [-0.1, -0.05) is 23.2 Å². The van der Waals surface area contributed by atoms with E-state index in [4.69, 9.17) is 23.2 Å². The van der Waals surface area contributed by atoms with Crippen molar-refractivity contribution in [3.63, 3.8) is 0 Å². The zero-order valence-corrected chi connectivity index (χ0v) is 7.75. The lowest BCUT2D eigenvalue weighted by molar-refractivity contribution is 0.111. The lowest BCUT2D eigenvalue weighted by atomic mass is 10.5. The number of fused-ring (bicyclic) bond motifs is 1. The summed E-state index contributed by atoms with van der Waals surface area (Å²) in [6.07, 6.45) is 3.56. The van der Waals surface area contributed by atoms with Crippen LogP contribution in [-0.4, -0.2) is 20.7 Å². The Balaban J connectivity index is 2.84. The Bertz CT molecular complexity index is 480. The van der Waals surface area contributed by atoms with Crippen LogP contribution in [0.25, 0.3) is 5.78 Å². The molecule has 0 bridgehead atoms. The van der Waals surface area contributed by atoms with E-state index in [0.717, 1.165) is 0 Å². The number of imidazole rings is 1. The molecule has 0 saturated heterocycles. The molecular weight excluding hydrogens is 213 g/mol. The van der Waals surface area contributed by atoms with Crippen LogP contribution in [0.4, 0.5) is 0 Å². The number of aldehydes is 1. The Morgan fingerprint density at radius 3 is 2.92 bits per heavy atom. The number of rotatable bonds is 1. The van der Waals surface area contributed by atoms with Gasteiger partial charge in [0, 0.05) is 6.20 Å². The summed E-state index contributed by atoms with van der Waals surface area (Å²) in [7, 11) is 0. The fourth-order valence-electron chi connectivity index (χ4n) is 0.975. The van der Waals surface area contributed by atoms with Crippen LogP contribution < -0.4 is 0 Å². The maximum atomic E-state index is 10.5. The molecule has 0 aliphatic rings. The highest BCUT2D eigenvalue weighted by molar-refractivity contribution is 6.32. The number of carbonyl (C=O) groups excluding carboxylic acids is 1. The Hall–Kier alpha value is -1.13. The van der Waals surface area contributed by atoms with Crippen LogP contribution in [0, 0.1) is 0 Å². The molecule has 6 heteroatoms. The van der Waals surface area contributed by atoms with Crippen LogP contribution in [0.5, 0.6) is 0 Å². The molecule has 2 aromatic rings. The molecule has 0 amide bonds. The van der Waals surface area contributed by atoms with Crippen molar-refractivity contribution in [3.05, 3.63) is 28.3 Å². The first-order chi connectivity index (χ1) is 6.22. The third-order valence-corrected chi connectivity index (χ3v) is 2.10. The second-order valence-electron chi connectivity index (χ2n) is 2.35. The number of carbonyl (C=O) groups is 1. The van der Waals surface area contributed by atoms with E-state index in [1.165, 1.54) is 10.6 Å². The SMILES string of the molecule is O=Cc1nc2ncc(Cl)cn2c1Cl. The molecule has 13 heavy (non-hydrogen) atoms. The van der Waals surface area contributed by atoms with Gasteiger partial charge in [-0.3, -0.25) is 9.20 Å².